The first-order valence-corrected chi connectivity index (χ1v) is 7.91. The summed E-state index contributed by atoms with van der Waals surface area (Å²) in [6.07, 6.45) is 5.92. The molecule has 2 heterocycles. The molecule has 1 saturated carbocycles. The number of hydrogen-bond acceptors (Lipinski definition) is 3. The number of nitrogens with two attached hydrogens (primary N) is 1. The van der Waals surface area contributed by atoms with Crippen LogP contribution in [0.5, 0.6) is 0 Å². The molecule has 0 spiro atoms. The number of primary amides is 1. The van der Waals surface area contributed by atoms with Crippen molar-refractivity contribution in [1.29, 1.82) is 0 Å². The van der Waals surface area contributed by atoms with Gasteiger partial charge in [-0.05, 0) is 31.2 Å². The van der Waals surface area contributed by atoms with Gasteiger partial charge in [-0.1, -0.05) is 12.8 Å². The van der Waals surface area contributed by atoms with Gasteiger partial charge in [0.15, 0.2) is 0 Å². The zero-order valence-electron chi connectivity index (χ0n) is 13.1. The van der Waals surface area contributed by atoms with E-state index in [1.807, 2.05) is 0 Å². The molecule has 0 bridgehead atoms. The maximum absolute atomic E-state index is 13.0. The fourth-order valence-corrected chi connectivity index (χ4v) is 4.02. The predicted octanol–water partition coefficient (Wildman–Crippen LogP) is 0.982. The Kier molecular flexibility index (Phi) is 3.87. The molecule has 124 valence electrons. The van der Waals surface area contributed by atoms with E-state index in [0.29, 0.717) is 12.1 Å². The molecule has 1 aromatic heterocycles. The molecule has 7 nitrogen and oxygen atoms in total. The summed E-state index contributed by atoms with van der Waals surface area (Å²) >= 11 is 0. The Bertz CT molecular complexity index is 666. The van der Waals surface area contributed by atoms with E-state index >= 15 is 0 Å². The lowest BCUT2D eigenvalue weighted by atomic mass is 9.84. The van der Waals surface area contributed by atoms with Gasteiger partial charge in [0.25, 0.3) is 5.91 Å². The second kappa shape index (κ2) is 5.72. The third kappa shape index (κ3) is 2.60. The molecule has 23 heavy (non-hydrogen) atoms. The van der Waals surface area contributed by atoms with E-state index in [9.17, 15) is 19.5 Å². The lowest BCUT2D eigenvalue weighted by molar-refractivity contribution is -0.141. The van der Waals surface area contributed by atoms with E-state index in [-0.39, 0.29) is 23.4 Å². The van der Waals surface area contributed by atoms with Gasteiger partial charge in [-0.3, -0.25) is 9.59 Å². The molecular formula is C16H21N3O4. The number of aryl methyl sites for hydroxylation is 1. The lowest BCUT2D eigenvalue weighted by Gasteiger charge is -2.33. The molecule has 2 amide bonds. The number of amides is 2. The first-order valence-electron chi connectivity index (χ1n) is 7.91. The van der Waals surface area contributed by atoms with Crippen molar-refractivity contribution in [2.24, 2.45) is 18.7 Å². The topological polar surface area (TPSA) is 106 Å². The number of likely N-dealkylation sites (tertiary alicyclic amines) is 1. The van der Waals surface area contributed by atoms with Gasteiger partial charge in [-0.2, -0.15) is 0 Å². The number of fused-ring (bicyclic) bond motifs is 1. The fraction of sp³-hybridized carbons (Fsp3) is 0.562. The molecule has 1 aliphatic carbocycles. The van der Waals surface area contributed by atoms with Crippen LogP contribution in [-0.4, -0.2) is 44.4 Å². The van der Waals surface area contributed by atoms with Gasteiger partial charge in [0.05, 0.1) is 5.56 Å². The lowest BCUT2D eigenvalue weighted by Crippen LogP contribution is -2.46. The van der Waals surface area contributed by atoms with Gasteiger partial charge < -0.3 is 20.3 Å². The van der Waals surface area contributed by atoms with Gasteiger partial charge in [0.2, 0.25) is 5.91 Å². The zero-order valence-corrected chi connectivity index (χ0v) is 13.1. The van der Waals surface area contributed by atoms with E-state index in [2.05, 4.69) is 0 Å². The first-order chi connectivity index (χ1) is 10.9. The Hall–Kier alpha value is -2.31. The van der Waals surface area contributed by atoms with Crippen LogP contribution >= 0.6 is 0 Å². The number of carbonyl (C=O) groups excluding carboxylic acids is 2. The minimum atomic E-state index is -0.961. The summed E-state index contributed by atoms with van der Waals surface area (Å²) in [6.45, 7) is 0. The van der Waals surface area contributed by atoms with Gasteiger partial charge in [0, 0.05) is 19.3 Å². The maximum atomic E-state index is 13.0. The first kappa shape index (κ1) is 15.6. The summed E-state index contributed by atoms with van der Waals surface area (Å²) < 4.78 is 1.54. The number of aromatic nitrogens is 1. The van der Waals surface area contributed by atoms with Crippen LogP contribution in [-0.2, 0) is 11.8 Å². The molecule has 3 N–H and O–H groups in total. The Morgan fingerprint density at radius 1 is 1.26 bits per heavy atom. The molecule has 1 saturated heterocycles. The number of hydrogen-bond donors (Lipinski definition) is 2. The molecule has 1 aliphatic heterocycles. The second-order valence-corrected chi connectivity index (χ2v) is 6.50. The summed E-state index contributed by atoms with van der Waals surface area (Å²) in [5.74, 6) is -1.64. The Labute approximate surface area is 134 Å². The molecule has 0 radical (unpaired) electrons. The molecular weight excluding hydrogens is 298 g/mol. The summed E-state index contributed by atoms with van der Waals surface area (Å²) in [6, 6.07) is 0.631. The standard InChI is InChI=1S/C16H21N3O4/c1-18-8-10(14(17)20)7-12(18)15(21)19-11-5-3-2-4-9(11)6-13(19)16(22)23/h7-9,11,13H,2-6H2,1H3,(H2,17,20)(H,22,23). The van der Waals surface area contributed by atoms with Crippen LogP contribution in [0.15, 0.2) is 12.3 Å². The Morgan fingerprint density at radius 2 is 1.96 bits per heavy atom. The summed E-state index contributed by atoms with van der Waals surface area (Å²) in [5, 5.41) is 9.51. The third-order valence-electron chi connectivity index (χ3n) is 5.12. The van der Waals surface area contributed by atoms with Crippen molar-refractivity contribution in [3.63, 3.8) is 0 Å². The van der Waals surface area contributed by atoms with Crippen LogP contribution in [0.25, 0.3) is 0 Å². The van der Waals surface area contributed by atoms with E-state index in [1.54, 1.807) is 7.05 Å². The second-order valence-electron chi connectivity index (χ2n) is 6.50. The highest BCUT2D eigenvalue weighted by Crippen LogP contribution is 2.40. The highest BCUT2D eigenvalue weighted by molar-refractivity contribution is 6.00. The largest absolute Gasteiger partial charge is 0.480 e. The van der Waals surface area contributed by atoms with E-state index in [0.717, 1.165) is 25.7 Å². The fourth-order valence-electron chi connectivity index (χ4n) is 4.02. The number of nitrogens with zero attached hydrogens (tertiary/aromatic N) is 2. The normalized spacial score (nSPS) is 26.8. The SMILES string of the molecule is Cn1cc(C(N)=O)cc1C(=O)N1C(C(=O)O)CC2CCCCC21. The zero-order chi connectivity index (χ0) is 16.7. The average Bonchev–Trinajstić information content (AvgIpc) is 3.07. The average molecular weight is 319 g/mol. The van der Waals surface area contributed by atoms with Crippen LogP contribution in [0.2, 0.25) is 0 Å². The van der Waals surface area contributed by atoms with Crippen molar-refractivity contribution in [3.8, 4) is 0 Å². The minimum absolute atomic E-state index is 0.0238. The van der Waals surface area contributed by atoms with Crippen molar-refractivity contribution in [2.75, 3.05) is 0 Å². The number of aliphatic carboxylic acids is 1. The molecule has 2 aliphatic rings. The van der Waals surface area contributed by atoms with Crippen LogP contribution in [0.3, 0.4) is 0 Å². The van der Waals surface area contributed by atoms with Crippen molar-refractivity contribution in [1.82, 2.24) is 9.47 Å². The molecule has 3 rings (SSSR count). The molecule has 0 aromatic carbocycles. The van der Waals surface area contributed by atoms with E-state index < -0.39 is 17.9 Å². The van der Waals surface area contributed by atoms with Crippen LogP contribution in [0.4, 0.5) is 0 Å². The van der Waals surface area contributed by atoms with Gasteiger partial charge >= 0.3 is 5.97 Å². The highest BCUT2D eigenvalue weighted by atomic mass is 16.4. The summed E-state index contributed by atoms with van der Waals surface area (Å²) in [5.41, 5.74) is 5.81. The number of carboxylic acid groups (broad SMARTS) is 1. The Morgan fingerprint density at radius 3 is 2.57 bits per heavy atom. The molecule has 7 heteroatoms. The Balaban J connectivity index is 1.95. The highest BCUT2D eigenvalue weighted by Gasteiger charge is 2.48. The minimum Gasteiger partial charge on any atom is -0.480 e. The van der Waals surface area contributed by atoms with Gasteiger partial charge in [-0.15, -0.1) is 0 Å². The smallest absolute Gasteiger partial charge is 0.326 e. The number of rotatable bonds is 3. The predicted molar refractivity (Wildman–Crippen MR) is 81.9 cm³/mol. The van der Waals surface area contributed by atoms with Crippen LogP contribution in [0, 0.1) is 5.92 Å². The van der Waals surface area contributed by atoms with Crippen molar-refractivity contribution >= 4 is 17.8 Å². The quantitative estimate of drug-likeness (QED) is 0.866. The number of carboxylic acids is 1. The monoisotopic (exact) mass is 319 g/mol. The molecule has 3 unspecified atom stereocenters. The molecule has 2 fully saturated rings. The summed E-state index contributed by atoms with van der Waals surface area (Å²) in [7, 11) is 1.66. The molecule has 1 aromatic rings. The summed E-state index contributed by atoms with van der Waals surface area (Å²) in [4.78, 5) is 37.4. The van der Waals surface area contributed by atoms with Gasteiger partial charge in [-0.25, -0.2) is 4.79 Å². The van der Waals surface area contributed by atoms with Crippen molar-refractivity contribution in [2.45, 2.75) is 44.2 Å². The molecule has 3 atom stereocenters. The van der Waals surface area contributed by atoms with E-state index in [4.69, 9.17) is 5.73 Å². The van der Waals surface area contributed by atoms with Crippen molar-refractivity contribution in [3.05, 3.63) is 23.5 Å². The number of carbonyl (C=O) groups is 3. The van der Waals surface area contributed by atoms with Crippen molar-refractivity contribution < 1.29 is 19.5 Å². The van der Waals surface area contributed by atoms with Crippen LogP contribution in [0.1, 0.15) is 53.0 Å². The van der Waals surface area contributed by atoms with Crippen LogP contribution < -0.4 is 5.73 Å². The third-order valence-corrected chi connectivity index (χ3v) is 5.12. The van der Waals surface area contributed by atoms with Gasteiger partial charge in [0.1, 0.15) is 11.7 Å². The maximum Gasteiger partial charge on any atom is 0.326 e. The van der Waals surface area contributed by atoms with E-state index in [1.165, 1.54) is 21.7 Å².